The van der Waals surface area contributed by atoms with E-state index in [-0.39, 0.29) is 12.8 Å². The number of rotatable bonds is 5. The lowest BCUT2D eigenvalue weighted by molar-refractivity contribution is -0.137. The summed E-state index contributed by atoms with van der Waals surface area (Å²) in [5, 5.41) is 12.6. The summed E-state index contributed by atoms with van der Waals surface area (Å²) in [6.45, 7) is 5.22. The molecule has 26 heavy (non-hydrogen) atoms. The summed E-state index contributed by atoms with van der Waals surface area (Å²) in [7, 11) is 0. The number of carboxylic acids is 1. The summed E-state index contributed by atoms with van der Waals surface area (Å²) in [6.07, 6.45) is 0.188. The summed E-state index contributed by atoms with van der Waals surface area (Å²) < 4.78 is 11.1. The number of aryl methyl sites for hydroxylation is 3. The fourth-order valence-electron chi connectivity index (χ4n) is 3.02. The molecule has 3 aromatic rings. The second-order valence-electron chi connectivity index (χ2n) is 6.29. The number of nitrogens with one attached hydrogen (secondary N) is 1. The Bertz CT molecular complexity index is 1090. The van der Waals surface area contributed by atoms with Gasteiger partial charge >= 0.3 is 11.6 Å². The smallest absolute Gasteiger partial charge is 0.339 e. The highest BCUT2D eigenvalue weighted by molar-refractivity contribution is 5.96. The first-order chi connectivity index (χ1) is 12.3. The van der Waals surface area contributed by atoms with Gasteiger partial charge in [0, 0.05) is 28.8 Å². The Labute approximate surface area is 148 Å². The zero-order valence-corrected chi connectivity index (χ0v) is 14.8. The normalized spacial score (nSPS) is 11.2. The van der Waals surface area contributed by atoms with Gasteiger partial charge in [0.05, 0.1) is 0 Å². The van der Waals surface area contributed by atoms with Gasteiger partial charge < -0.3 is 19.3 Å². The molecule has 0 fully saturated rings. The minimum Gasteiger partial charge on any atom is -0.480 e. The van der Waals surface area contributed by atoms with E-state index in [1.807, 2.05) is 26.8 Å². The highest BCUT2D eigenvalue weighted by atomic mass is 16.4. The Morgan fingerprint density at radius 2 is 1.69 bits per heavy atom. The summed E-state index contributed by atoms with van der Waals surface area (Å²) in [5.74, 6) is -0.733. The van der Waals surface area contributed by atoms with Crippen LogP contribution in [0.2, 0.25) is 0 Å². The van der Waals surface area contributed by atoms with Gasteiger partial charge in [0.1, 0.15) is 23.5 Å². The van der Waals surface area contributed by atoms with Gasteiger partial charge in [-0.2, -0.15) is 0 Å². The molecule has 7 nitrogen and oxygen atoms in total. The summed E-state index contributed by atoms with van der Waals surface area (Å²) in [6, 6.07) is 3.64. The number of furan rings is 1. The molecular weight excluding hydrogens is 338 g/mol. The number of amides is 1. The van der Waals surface area contributed by atoms with Gasteiger partial charge in [-0.05, 0) is 44.4 Å². The first-order valence-corrected chi connectivity index (χ1v) is 8.22. The predicted octanol–water partition coefficient (Wildman–Crippen LogP) is 2.60. The fourth-order valence-corrected chi connectivity index (χ4v) is 3.02. The van der Waals surface area contributed by atoms with E-state index >= 15 is 0 Å². The molecule has 0 spiro atoms. The van der Waals surface area contributed by atoms with Crippen LogP contribution in [0.15, 0.2) is 25.8 Å². The van der Waals surface area contributed by atoms with Gasteiger partial charge in [0.25, 0.3) is 0 Å². The molecule has 3 rings (SSSR count). The summed E-state index contributed by atoms with van der Waals surface area (Å²) in [5.41, 5.74) is 2.80. The zero-order chi connectivity index (χ0) is 19.0. The van der Waals surface area contributed by atoms with Crippen molar-refractivity contribution in [2.45, 2.75) is 33.6 Å². The Balaban J connectivity index is 1.97. The van der Waals surface area contributed by atoms with E-state index in [0.29, 0.717) is 16.7 Å². The van der Waals surface area contributed by atoms with Crippen molar-refractivity contribution in [1.82, 2.24) is 5.32 Å². The molecule has 1 amide bonds. The van der Waals surface area contributed by atoms with Crippen molar-refractivity contribution in [3.8, 4) is 0 Å². The van der Waals surface area contributed by atoms with Crippen LogP contribution in [0.5, 0.6) is 0 Å². The molecule has 0 aliphatic rings. The van der Waals surface area contributed by atoms with Crippen molar-refractivity contribution in [2.75, 3.05) is 6.54 Å². The molecule has 0 saturated heterocycles. The van der Waals surface area contributed by atoms with Crippen LogP contribution in [-0.2, 0) is 16.0 Å². The van der Waals surface area contributed by atoms with E-state index < -0.39 is 24.0 Å². The van der Waals surface area contributed by atoms with Gasteiger partial charge in [-0.3, -0.25) is 9.59 Å². The topological polar surface area (TPSA) is 110 Å². The molecule has 2 heterocycles. The molecule has 7 heteroatoms. The van der Waals surface area contributed by atoms with Gasteiger partial charge in [-0.1, -0.05) is 0 Å². The van der Waals surface area contributed by atoms with Crippen LogP contribution in [-0.4, -0.2) is 23.5 Å². The maximum Gasteiger partial charge on any atom is 0.339 e. The molecule has 0 aliphatic heterocycles. The van der Waals surface area contributed by atoms with Crippen molar-refractivity contribution < 1.29 is 23.5 Å². The van der Waals surface area contributed by atoms with E-state index in [9.17, 15) is 14.4 Å². The lowest BCUT2D eigenvalue weighted by Gasteiger charge is -2.08. The first-order valence-electron chi connectivity index (χ1n) is 8.22. The largest absolute Gasteiger partial charge is 0.480 e. The quantitative estimate of drug-likeness (QED) is 0.679. The standard InChI is InChI=1S/C19H19NO6/c1-9-11(3)25-15-7-16-14(6-13(9)15)10(2)12(19(24)26-16)4-5-17(21)20-8-18(22)23/h6-7H,4-5,8H2,1-3H3,(H,20,21)(H,22,23). The fraction of sp³-hybridized carbons (Fsp3) is 0.316. The lowest BCUT2D eigenvalue weighted by atomic mass is 10.0. The molecule has 0 bridgehead atoms. The third-order valence-electron chi connectivity index (χ3n) is 4.62. The van der Waals surface area contributed by atoms with Crippen LogP contribution < -0.4 is 10.9 Å². The van der Waals surface area contributed by atoms with Gasteiger partial charge in [-0.15, -0.1) is 0 Å². The number of hydrogen-bond donors (Lipinski definition) is 2. The zero-order valence-electron chi connectivity index (χ0n) is 14.8. The van der Waals surface area contributed by atoms with Crippen molar-refractivity contribution >= 4 is 33.8 Å². The maximum absolute atomic E-state index is 12.3. The Kier molecular flexibility index (Phi) is 4.54. The number of carboxylic acid groups (broad SMARTS) is 1. The summed E-state index contributed by atoms with van der Waals surface area (Å²) >= 11 is 0. The molecule has 1 aromatic carbocycles. The van der Waals surface area contributed by atoms with Crippen molar-refractivity contribution in [3.63, 3.8) is 0 Å². The van der Waals surface area contributed by atoms with Crippen molar-refractivity contribution in [3.05, 3.63) is 45.0 Å². The molecular formula is C19H19NO6. The lowest BCUT2D eigenvalue weighted by Crippen LogP contribution is -2.29. The molecule has 2 aromatic heterocycles. The second kappa shape index (κ2) is 6.67. The minimum absolute atomic E-state index is 0.0104. The van der Waals surface area contributed by atoms with E-state index in [2.05, 4.69) is 5.32 Å². The molecule has 0 unspecified atom stereocenters. The van der Waals surface area contributed by atoms with Crippen LogP contribution in [0.1, 0.15) is 28.9 Å². The molecule has 2 N–H and O–H groups in total. The molecule has 0 aliphatic carbocycles. The number of aliphatic carboxylic acids is 1. The van der Waals surface area contributed by atoms with Gasteiger partial charge in [0.2, 0.25) is 5.91 Å². The molecule has 136 valence electrons. The van der Waals surface area contributed by atoms with Crippen LogP contribution in [0.25, 0.3) is 21.9 Å². The van der Waals surface area contributed by atoms with Crippen LogP contribution in [0.3, 0.4) is 0 Å². The monoisotopic (exact) mass is 357 g/mol. The number of fused-ring (bicyclic) bond motifs is 2. The van der Waals surface area contributed by atoms with E-state index in [1.54, 1.807) is 6.07 Å². The van der Waals surface area contributed by atoms with E-state index in [0.717, 1.165) is 27.7 Å². The Hall–Kier alpha value is -3.09. The Morgan fingerprint density at radius 3 is 2.38 bits per heavy atom. The van der Waals surface area contributed by atoms with Crippen LogP contribution >= 0.6 is 0 Å². The van der Waals surface area contributed by atoms with Gasteiger partial charge in [-0.25, -0.2) is 4.79 Å². The average molecular weight is 357 g/mol. The highest BCUT2D eigenvalue weighted by Gasteiger charge is 2.16. The minimum atomic E-state index is -1.12. The third kappa shape index (κ3) is 3.20. The first kappa shape index (κ1) is 17.7. The summed E-state index contributed by atoms with van der Waals surface area (Å²) in [4.78, 5) is 34.5. The number of carbonyl (C=O) groups excluding carboxylic acids is 1. The molecule has 0 atom stereocenters. The molecule has 0 radical (unpaired) electrons. The van der Waals surface area contributed by atoms with Crippen LogP contribution in [0, 0.1) is 20.8 Å². The van der Waals surface area contributed by atoms with E-state index in [4.69, 9.17) is 13.9 Å². The van der Waals surface area contributed by atoms with E-state index in [1.165, 1.54) is 0 Å². The number of benzene rings is 1. The average Bonchev–Trinajstić information content (AvgIpc) is 2.85. The Morgan fingerprint density at radius 1 is 1.04 bits per heavy atom. The van der Waals surface area contributed by atoms with Crippen LogP contribution in [0.4, 0.5) is 0 Å². The maximum atomic E-state index is 12.3. The number of carbonyl (C=O) groups is 2. The van der Waals surface area contributed by atoms with Crippen molar-refractivity contribution in [1.29, 1.82) is 0 Å². The van der Waals surface area contributed by atoms with Crippen molar-refractivity contribution in [2.24, 2.45) is 0 Å². The molecule has 0 saturated carbocycles. The second-order valence-corrected chi connectivity index (χ2v) is 6.29. The van der Waals surface area contributed by atoms with Gasteiger partial charge in [0.15, 0.2) is 0 Å². The highest BCUT2D eigenvalue weighted by Crippen LogP contribution is 2.31. The number of hydrogen-bond acceptors (Lipinski definition) is 5. The predicted molar refractivity (Wildman–Crippen MR) is 95.4 cm³/mol. The SMILES string of the molecule is Cc1oc2cc3oc(=O)c(CCC(=O)NCC(=O)O)c(C)c3cc2c1C. The third-order valence-corrected chi connectivity index (χ3v) is 4.62.